The molecule has 0 amide bonds. The Bertz CT molecular complexity index is 475. The molecular weight excluding hydrogens is 352 g/mol. The van der Waals surface area contributed by atoms with E-state index in [4.69, 9.17) is 0 Å². The number of hydrogen-bond donors (Lipinski definition) is 0. The van der Waals surface area contributed by atoms with Crippen LogP contribution in [-0.2, 0) is 13.0 Å². The van der Waals surface area contributed by atoms with Crippen LogP contribution in [0.25, 0.3) is 0 Å². The number of aromatic nitrogens is 2. The van der Waals surface area contributed by atoms with Gasteiger partial charge in [0.1, 0.15) is 12.4 Å². The van der Waals surface area contributed by atoms with Crippen LogP contribution in [0.2, 0.25) is 0 Å². The molecule has 0 spiro atoms. The van der Waals surface area contributed by atoms with E-state index in [9.17, 15) is 0 Å². The van der Waals surface area contributed by atoms with Gasteiger partial charge >= 0.3 is 0 Å². The van der Waals surface area contributed by atoms with Gasteiger partial charge in [0.15, 0.2) is 0 Å². The van der Waals surface area contributed by atoms with Crippen molar-refractivity contribution in [3.63, 3.8) is 0 Å². The molecule has 0 aromatic carbocycles. The molecular formula is C27H53N2+. The minimum atomic E-state index is 0.573. The summed E-state index contributed by atoms with van der Waals surface area (Å²) in [7, 11) is 0. The van der Waals surface area contributed by atoms with Gasteiger partial charge in [-0.05, 0) is 33.1 Å². The summed E-state index contributed by atoms with van der Waals surface area (Å²) in [5.41, 5.74) is 0. The molecule has 0 aliphatic rings. The second-order valence-corrected chi connectivity index (χ2v) is 9.46. The summed E-state index contributed by atoms with van der Waals surface area (Å²) < 4.78 is 5.02. The third-order valence-electron chi connectivity index (χ3n) is 6.35. The molecule has 1 aromatic rings. The van der Waals surface area contributed by atoms with Crippen LogP contribution in [0.4, 0.5) is 0 Å². The van der Waals surface area contributed by atoms with E-state index in [-0.39, 0.29) is 0 Å². The van der Waals surface area contributed by atoms with Crippen LogP contribution in [0, 0.1) is 0 Å². The monoisotopic (exact) mass is 405 g/mol. The Morgan fingerprint density at radius 1 is 0.655 bits per heavy atom. The highest BCUT2D eigenvalue weighted by molar-refractivity contribution is 4.86. The Labute approximate surface area is 183 Å². The zero-order chi connectivity index (χ0) is 21.2. The quantitative estimate of drug-likeness (QED) is 0.152. The average molecular weight is 406 g/mol. The van der Waals surface area contributed by atoms with Gasteiger partial charge in [-0.25, -0.2) is 9.13 Å². The summed E-state index contributed by atoms with van der Waals surface area (Å²) in [6.45, 7) is 10.4. The third-order valence-corrected chi connectivity index (χ3v) is 6.35. The molecule has 2 nitrogen and oxygen atoms in total. The van der Waals surface area contributed by atoms with E-state index in [2.05, 4.69) is 49.2 Å². The standard InChI is InChI=1S/C27H53N2/c1-5-7-9-10-11-12-13-14-15-16-17-18-19-20-22-27-28(23-21-8-6-2)24-25-29(27)26(3)4/h24-26H,5-23H2,1-4H3/q+1. The molecule has 170 valence electrons. The predicted molar refractivity (Wildman–Crippen MR) is 129 cm³/mol. The van der Waals surface area contributed by atoms with Crippen molar-refractivity contribution in [1.29, 1.82) is 0 Å². The fourth-order valence-corrected chi connectivity index (χ4v) is 4.43. The van der Waals surface area contributed by atoms with Crippen molar-refractivity contribution in [3.05, 3.63) is 18.2 Å². The number of unbranched alkanes of at least 4 members (excludes halogenated alkanes) is 15. The van der Waals surface area contributed by atoms with Gasteiger partial charge in [0, 0.05) is 6.42 Å². The summed E-state index contributed by atoms with van der Waals surface area (Å²) in [6.07, 6.45) is 29.9. The minimum absolute atomic E-state index is 0.573. The minimum Gasteiger partial charge on any atom is -0.234 e. The van der Waals surface area contributed by atoms with Crippen LogP contribution in [0.1, 0.15) is 149 Å². The molecule has 1 heterocycles. The van der Waals surface area contributed by atoms with Crippen LogP contribution in [0.5, 0.6) is 0 Å². The average Bonchev–Trinajstić information content (AvgIpc) is 3.11. The first-order chi connectivity index (χ1) is 14.2. The molecule has 0 aliphatic carbocycles. The molecule has 0 atom stereocenters. The highest BCUT2D eigenvalue weighted by atomic mass is 15.2. The molecule has 0 saturated carbocycles. The largest absolute Gasteiger partial charge is 0.256 e. The summed E-state index contributed by atoms with van der Waals surface area (Å²) in [5.74, 6) is 1.55. The lowest BCUT2D eigenvalue weighted by molar-refractivity contribution is -0.704. The van der Waals surface area contributed by atoms with E-state index < -0.39 is 0 Å². The van der Waals surface area contributed by atoms with Crippen LogP contribution in [-0.4, -0.2) is 4.57 Å². The van der Waals surface area contributed by atoms with Crippen molar-refractivity contribution in [2.24, 2.45) is 0 Å². The van der Waals surface area contributed by atoms with Crippen LogP contribution in [0.3, 0.4) is 0 Å². The summed E-state index contributed by atoms with van der Waals surface area (Å²) in [6, 6.07) is 0.573. The maximum atomic E-state index is 2.53. The lowest BCUT2D eigenvalue weighted by Crippen LogP contribution is -2.37. The van der Waals surface area contributed by atoms with Crippen molar-refractivity contribution in [2.75, 3.05) is 0 Å². The molecule has 29 heavy (non-hydrogen) atoms. The van der Waals surface area contributed by atoms with Gasteiger partial charge in [-0.2, -0.15) is 0 Å². The predicted octanol–water partition coefficient (Wildman–Crippen LogP) is 8.57. The maximum Gasteiger partial charge on any atom is 0.256 e. The Balaban J connectivity index is 2.07. The highest BCUT2D eigenvalue weighted by Gasteiger charge is 2.18. The van der Waals surface area contributed by atoms with Gasteiger partial charge in [-0.15, -0.1) is 0 Å². The molecule has 2 heteroatoms. The molecule has 0 saturated heterocycles. The summed E-state index contributed by atoms with van der Waals surface area (Å²) in [5, 5.41) is 0. The number of hydrogen-bond acceptors (Lipinski definition) is 0. The molecule has 0 fully saturated rings. The summed E-state index contributed by atoms with van der Waals surface area (Å²) in [4.78, 5) is 0. The normalized spacial score (nSPS) is 11.6. The van der Waals surface area contributed by atoms with Gasteiger partial charge in [0.2, 0.25) is 0 Å². The van der Waals surface area contributed by atoms with Crippen molar-refractivity contribution in [3.8, 4) is 0 Å². The van der Waals surface area contributed by atoms with Gasteiger partial charge < -0.3 is 0 Å². The zero-order valence-electron chi connectivity index (χ0n) is 20.6. The van der Waals surface area contributed by atoms with E-state index >= 15 is 0 Å². The smallest absolute Gasteiger partial charge is 0.234 e. The topological polar surface area (TPSA) is 8.81 Å². The van der Waals surface area contributed by atoms with E-state index in [1.54, 1.807) is 5.82 Å². The van der Waals surface area contributed by atoms with Gasteiger partial charge in [0.25, 0.3) is 5.82 Å². The Morgan fingerprint density at radius 3 is 1.59 bits per heavy atom. The van der Waals surface area contributed by atoms with Crippen molar-refractivity contribution >= 4 is 0 Å². The van der Waals surface area contributed by atoms with E-state index in [0.717, 1.165) is 0 Å². The second kappa shape index (κ2) is 18.0. The first-order valence-corrected chi connectivity index (χ1v) is 13.3. The maximum absolute atomic E-state index is 2.53. The Hall–Kier alpha value is -0.790. The van der Waals surface area contributed by atoms with Crippen LogP contribution < -0.4 is 4.57 Å². The van der Waals surface area contributed by atoms with Crippen molar-refractivity contribution in [2.45, 2.75) is 156 Å². The van der Waals surface area contributed by atoms with E-state index in [1.807, 2.05) is 0 Å². The lowest BCUT2D eigenvalue weighted by Gasteiger charge is -2.08. The zero-order valence-corrected chi connectivity index (χ0v) is 20.6. The van der Waals surface area contributed by atoms with Gasteiger partial charge in [-0.3, -0.25) is 0 Å². The fraction of sp³-hybridized carbons (Fsp3) is 0.889. The second-order valence-electron chi connectivity index (χ2n) is 9.46. The van der Waals surface area contributed by atoms with E-state index in [0.29, 0.717) is 6.04 Å². The number of nitrogens with zero attached hydrogens (tertiary/aromatic N) is 2. The first-order valence-electron chi connectivity index (χ1n) is 13.3. The number of imidazole rings is 1. The molecule has 0 bridgehead atoms. The van der Waals surface area contributed by atoms with Crippen molar-refractivity contribution in [1.82, 2.24) is 4.57 Å². The number of rotatable bonds is 20. The molecule has 1 aromatic heterocycles. The third kappa shape index (κ3) is 12.5. The summed E-state index contributed by atoms with van der Waals surface area (Å²) >= 11 is 0. The van der Waals surface area contributed by atoms with Crippen molar-refractivity contribution < 1.29 is 4.57 Å². The molecule has 0 aliphatic heterocycles. The first kappa shape index (κ1) is 26.2. The van der Waals surface area contributed by atoms with Crippen LogP contribution in [0.15, 0.2) is 12.4 Å². The van der Waals surface area contributed by atoms with E-state index in [1.165, 1.54) is 122 Å². The SMILES string of the molecule is CCCCCCCCCCCCCCCCc1n(C(C)C)cc[n+]1CCCCC. The number of aryl methyl sites for hydroxylation is 1. The molecule has 0 N–H and O–H groups in total. The molecule has 0 unspecified atom stereocenters. The fourth-order valence-electron chi connectivity index (χ4n) is 4.43. The Morgan fingerprint density at radius 2 is 1.10 bits per heavy atom. The van der Waals surface area contributed by atoms with Gasteiger partial charge in [0.05, 0.1) is 12.6 Å². The van der Waals surface area contributed by atoms with Gasteiger partial charge in [-0.1, -0.05) is 104 Å². The molecule has 0 radical (unpaired) electrons. The lowest BCUT2D eigenvalue weighted by atomic mass is 10.0. The van der Waals surface area contributed by atoms with Crippen LogP contribution >= 0.6 is 0 Å². The molecule has 1 rings (SSSR count). The Kier molecular flexibility index (Phi) is 16.3. The highest BCUT2D eigenvalue weighted by Crippen LogP contribution is 2.15.